The van der Waals surface area contributed by atoms with Gasteiger partial charge in [0.15, 0.2) is 0 Å². The largest absolute Gasteiger partial charge is 0.450 e. The fourth-order valence-corrected chi connectivity index (χ4v) is 1.86. The molecule has 0 heterocycles. The highest BCUT2D eigenvalue weighted by molar-refractivity contribution is 6.30. The fraction of sp³-hybridized carbons (Fsp3) is 0.0714. The number of hydrogen-bond acceptors (Lipinski definition) is 5. The SMILES string of the molecule is NC(=O)OCc1cccc(Oc2cc(Cl)ccc2[N+](=O)[O-])c1. The lowest BCUT2D eigenvalue weighted by Crippen LogP contribution is -2.12. The molecule has 0 spiro atoms. The van der Waals surface area contributed by atoms with Gasteiger partial charge in [0.05, 0.1) is 4.92 Å². The predicted octanol–water partition coefficient (Wildman–Crippen LogP) is 3.64. The molecule has 114 valence electrons. The first-order valence-electron chi connectivity index (χ1n) is 6.08. The first-order valence-corrected chi connectivity index (χ1v) is 6.46. The summed E-state index contributed by atoms with van der Waals surface area (Å²) in [5.74, 6) is 0.362. The zero-order chi connectivity index (χ0) is 16.1. The average molecular weight is 323 g/mol. The molecule has 1 amide bonds. The summed E-state index contributed by atoms with van der Waals surface area (Å²) < 4.78 is 10.2. The number of carbonyl (C=O) groups excluding carboxylic acids is 1. The van der Waals surface area contributed by atoms with E-state index in [9.17, 15) is 14.9 Å². The highest BCUT2D eigenvalue weighted by atomic mass is 35.5. The molecule has 0 aliphatic rings. The van der Waals surface area contributed by atoms with E-state index < -0.39 is 11.0 Å². The van der Waals surface area contributed by atoms with Gasteiger partial charge in [-0.2, -0.15) is 0 Å². The number of carbonyl (C=O) groups is 1. The number of rotatable bonds is 5. The van der Waals surface area contributed by atoms with Crippen LogP contribution in [0.5, 0.6) is 11.5 Å². The van der Waals surface area contributed by atoms with Gasteiger partial charge in [0, 0.05) is 17.2 Å². The number of nitrogens with zero attached hydrogens (tertiary/aromatic N) is 1. The minimum Gasteiger partial charge on any atom is -0.450 e. The number of nitro groups is 1. The van der Waals surface area contributed by atoms with E-state index in [2.05, 4.69) is 4.74 Å². The van der Waals surface area contributed by atoms with Crippen molar-refractivity contribution in [1.82, 2.24) is 0 Å². The van der Waals surface area contributed by atoms with Gasteiger partial charge in [-0.25, -0.2) is 4.79 Å². The Balaban J connectivity index is 2.24. The Morgan fingerprint density at radius 3 is 2.73 bits per heavy atom. The highest BCUT2D eigenvalue weighted by Gasteiger charge is 2.16. The second-order valence-electron chi connectivity index (χ2n) is 4.23. The zero-order valence-electron chi connectivity index (χ0n) is 11.2. The highest BCUT2D eigenvalue weighted by Crippen LogP contribution is 2.33. The molecule has 0 aliphatic carbocycles. The summed E-state index contributed by atoms with van der Waals surface area (Å²) >= 11 is 5.83. The first-order chi connectivity index (χ1) is 10.5. The molecule has 7 nitrogen and oxygen atoms in total. The molecule has 8 heteroatoms. The van der Waals surface area contributed by atoms with Gasteiger partial charge in [-0.15, -0.1) is 0 Å². The van der Waals surface area contributed by atoms with Crippen LogP contribution in [0.2, 0.25) is 5.02 Å². The van der Waals surface area contributed by atoms with Gasteiger partial charge in [0.25, 0.3) is 0 Å². The van der Waals surface area contributed by atoms with Crippen molar-refractivity contribution in [2.24, 2.45) is 5.73 Å². The lowest BCUT2D eigenvalue weighted by Gasteiger charge is -2.08. The summed E-state index contributed by atoms with van der Waals surface area (Å²) in [5.41, 5.74) is 5.31. The van der Waals surface area contributed by atoms with Crippen molar-refractivity contribution in [3.05, 3.63) is 63.2 Å². The van der Waals surface area contributed by atoms with Crippen LogP contribution in [0.15, 0.2) is 42.5 Å². The Hall–Kier alpha value is -2.80. The molecule has 0 unspecified atom stereocenters. The Bertz CT molecular complexity index is 720. The molecular weight excluding hydrogens is 312 g/mol. The third-order valence-corrected chi connectivity index (χ3v) is 2.86. The molecular formula is C14H11ClN2O5. The number of halogens is 1. The third-order valence-electron chi connectivity index (χ3n) is 2.63. The Kier molecular flexibility index (Phi) is 4.80. The van der Waals surface area contributed by atoms with Crippen LogP contribution in [0.3, 0.4) is 0 Å². The summed E-state index contributed by atoms with van der Waals surface area (Å²) in [7, 11) is 0. The molecule has 2 rings (SSSR count). The van der Waals surface area contributed by atoms with Gasteiger partial charge in [-0.05, 0) is 23.8 Å². The van der Waals surface area contributed by atoms with Crippen LogP contribution >= 0.6 is 11.6 Å². The summed E-state index contributed by atoms with van der Waals surface area (Å²) in [6.45, 7) is -0.0236. The smallest absolute Gasteiger partial charge is 0.404 e. The topological polar surface area (TPSA) is 105 Å². The quantitative estimate of drug-likeness (QED) is 0.668. The summed E-state index contributed by atoms with van der Waals surface area (Å²) in [5, 5.41) is 11.3. The third kappa shape index (κ3) is 4.10. The first kappa shape index (κ1) is 15.6. The minimum atomic E-state index is -0.892. The maximum absolute atomic E-state index is 11.0. The van der Waals surface area contributed by atoms with Crippen molar-refractivity contribution >= 4 is 23.4 Å². The number of amides is 1. The van der Waals surface area contributed by atoms with E-state index >= 15 is 0 Å². The summed E-state index contributed by atoms with van der Waals surface area (Å²) in [4.78, 5) is 21.0. The standard InChI is InChI=1S/C14H11ClN2O5/c15-10-4-5-12(17(19)20)13(7-10)22-11-3-1-2-9(6-11)8-21-14(16)18/h1-7H,8H2,(H2,16,18). The van der Waals surface area contributed by atoms with Crippen LogP contribution in [-0.2, 0) is 11.3 Å². The van der Waals surface area contributed by atoms with Crippen LogP contribution in [0.4, 0.5) is 10.5 Å². The van der Waals surface area contributed by atoms with Gasteiger partial charge in [0.2, 0.25) is 5.75 Å². The van der Waals surface area contributed by atoms with Crippen LogP contribution in [0, 0.1) is 10.1 Å². The van der Waals surface area contributed by atoms with E-state index in [4.69, 9.17) is 22.1 Å². The molecule has 0 atom stereocenters. The number of hydrogen-bond donors (Lipinski definition) is 1. The molecule has 2 N–H and O–H groups in total. The normalized spacial score (nSPS) is 10.0. The van der Waals surface area contributed by atoms with Crippen molar-refractivity contribution in [3.63, 3.8) is 0 Å². The minimum absolute atomic E-state index is 0.0190. The van der Waals surface area contributed by atoms with Gasteiger partial charge in [-0.3, -0.25) is 10.1 Å². The second kappa shape index (κ2) is 6.77. The molecule has 0 aromatic heterocycles. The number of primary amides is 1. The molecule has 22 heavy (non-hydrogen) atoms. The van der Waals surface area contributed by atoms with Crippen molar-refractivity contribution in [3.8, 4) is 11.5 Å². The van der Waals surface area contributed by atoms with Crippen LogP contribution < -0.4 is 10.5 Å². The van der Waals surface area contributed by atoms with Gasteiger partial charge in [0.1, 0.15) is 12.4 Å². The number of benzene rings is 2. The van der Waals surface area contributed by atoms with E-state index in [-0.39, 0.29) is 18.0 Å². The van der Waals surface area contributed by atoms with Crippen LogP contribution in [0.1, 0.15) is 5.56 Å². The van der Waals surface area contributed by atoms with Crippen molar-refractivity contribution < 1.29 is 19.2 Å². The van der Waals surface area contributed by atoms with Crippen molar-refractivity contribution in [1.29, 1.82) is 0 Å². The van der Waals surface area contributed by atoms with E-state index in [0.29, 0.717) is 16.3 Å². The number of nitro benzene ring substituents is 1. The van der Waals surface area contributed by atoms with Crippen molar-refractivity contribution in [2.45, 2.75) is 6.61 Å². The summed E-state index contributed by atoms with van der Waals surface area (Å²) in [6.07, 6.45) is -0.892. The van der Waals surface area contributed by atoms with E-state index in [1.165, 1.54) is 18.2 Å². The molecule has 2 aromatic carbocycles. The van der Waals surface area contributed by atoms with Gasteiger partial charge in [-0.1, -0.05) is 23.7 Å². The van der Waals surface area contributed by atoms with Gasteiger partial charge < -0.3 is 15.2 Å². The second-order valence-corrected chi connectivity index (χ2v) is 4.66. The van der Waals surface area contributed by atoms with E-state index in [1.54, 1.807) is 24.3 Å². The molecule has 0 radical (unpaired) electrons. The van der Waals surface area contributed by atoms with Gasteiger partial charge >= 0.3 is 11.8 Å². The summed E-state index contributed by atoms with van der Waals surface area (Å²) in [6, 6.07) is 10.6. The molecule has 2 aromatic rings. The average Bonchev–Trinajstić information content (AvgIpc) is 2.45. The predicted molar refractivity (Wildman–Crippen MR) is 79.0 cm³/mol. The van der Waals surface area contributed by atoms with Crippen LogP contribution in [-0.4, -0.2) is 11.0 Å². The maximum Gasteiger partial charge on any atom is 0.404 e. The Morgan fingerprint density at radius 1 is 1.27 bits per heavy atom. The molecule has 0 saturated carbocycles. The van der Waals surface area contributed by atoms with E-state index in [1.807, 2.05) is 0 Å². The zero-order valence-corrected chi connectivity index (χ0v) is 11.9. The monoisotopic (exact) mass is 322 g/mol. The Morgan fingerprint density at radius 2 is 2.05 bits per heavy atom. The lowest BCUT2D eigenvalue weighted by molar-refractivity contribution is -0.385. The Labute approximate surface area is 130 Å². The molecule has 0 bridgehead atoms. The van der Waals surface area contributed by atoms with Crippen LogP contribution in [0.25, 0.3) is 0 Å². The van der Waals surface area contributed by atoms with E-state index in [0.717, 1.165) is 0 Å². The van der Waals surface area contributed by atoms with Crippen molar-refractivity contribution in [2.75, 3.05) is 0 Å². The number of ether oxygens (including phenoxy) is 2. The fourth-order valence-electron chi connectivity index (χ4n) is 1.70. The molecule has 0 aliphatic heterocycles. The lowest BCUT2D eigenvalue weighted by atomic mass is 10.2. The molecule has 0 saturated heterocycles. The number of nitrogens with two attached hydrogens (primary N) is 1. The maximum atomic E-state index is 11.0. The molecule has 0 fully saturated rings.